The molecule has 16 heavy (non-hydrogen) atoms. The molecule has 6 nitrogen and oxygen atoms in total. The van der Waals surface area contributed by atoms with Crippen LogP contribution in [0.15, 0.2) is 12.2 Å². The predicted molar refractivity (Wildman–Crippen MR) is 55.5 cm³/mol. The van der Waals surface area contributed by atoms with E-state index in [0.717, 1.165) is 6.92 Å². The van der Waals surface area contributed by atoms with Crippen LogP contribution in [0, 0.1) is 0 Å². The third-order valence-electron chi connectivity index (χ3n) is 1.33. The molecule has 0 saturated heterocycles. The minimum atomic E-state index is -1.01. The van der Waals surface area contributed by atoms with Crippen LogP contribution in [0.3, 0.4) is 0 Å². The average Bonchev–Trinajstić information content (AvgIpc) is 2.22. The first-order valence-electron chi connectivity index (χ1n) is 4.32. The highest BCUT2D eigenvalue weighted by molar-refractivity contribution is 6.28. The summed E-state index contributed by atoms with van der Waals surface area (Å²) >= 11 is 5.25. The van der Waals surface area contributed by atoms with Gasteiger partial charge in [-0.15, -0.1) is 0 Å². The van der Waals surface area contributed by atoms with E-state index < -0.39 is 18.0 Å². The zero-order valence-electron chi connectivity index (χ0n) is 8.99. The van der Waals surface area contributed by atoms with Gasteiger partial charge >= 0.3 is 12.1 Å². The normalized spacial score (nSPS) is 9.19. The Bertz CT molecular complexity index is 315. The lowest BCUT2D eigenvalue weighted by molar-refractivity contribution is -0.140. The summed E-state index contributed by atoms with van der Waals surface area (Å²) < 4.78 is 9.45. The molecule has 0 unspecified atom stereocenters. The smallest absolute Gasteiger partial charge is 0.431 e. The molecule has 7 heteroatoms. The highest BCUT2D eigenvalue weighted by Gasteiger charge is 2.16. The van der Waals surface area contributed by atoms with Gasteiger partial charge in [0.05, 0.1) is 0 Å². The summed E-state index contributed by atoms with van der Waals surface area (Å²) in [5.74, 6) is -1.24. The fourth-order valence-corrected chi connectivity index (χ4v) is 0.621. The molecule has 0 aromatic rings. The van der Waals surface area contributed by atoms with Crippen LogP contribution in [0.4, 0.5) is 4.79 Å². The Labute approximate surface area is 97.9 Å². The number of imide groups is 1. The first-order chi connectivity index (χ1) is 7.36. The van der Waals surface area contributed by atoms with Crippen molar-refractivity contribution >= 4 is 29.7 Å². The van der Waals surface area contributed by atoms with Crippen molar-refractivity contribution in [2.24, 2.45) is 0 Å². The van der Waals surface area contributed by atoms with E-state index in [0.29, 0.717) is 4.42 Å². The molecule has 0 fully saturated rings. The number of carbonyl (C=O) groups excluding carboxylic acids is 3. The van der Waals surface area contributed by atoms with Crippen molar-refractivity contribution in [1.29, 1.82) is 0 Å². The average molecular weight is 250 g/mol. The van der Waals surface area contributed by atoms with Gasteiger partial charge in [0.25, 0.3) is 0 Å². The lowest BCUT2D eigenvalue weighted by Crippen LogP contribution is -2.28. The molecule has 2 amide bonds. The van der Waals surface area contributed by atoms with Crippen molar-refractivity contribution in [2.45, 2.75) is 13.8 Å². The SMILES string of the molecule is C=C(C)C(=O)OCCOC(=O)N(Cl)C(C)=O. The third-order valence-corrected chi connectivity index (χ3v) is 1.70. The van der Waals surface area contributed by atoms with Crippen LogP contribution in [-0.2, 0) is 19.1 Å². The summed E-state index contributed by atoms with van der Waals surface area (Å²) in [6.45, 7) is 5.65. The van der Waals surface area contributed by atoms with E-state index in [-0.39, 0.29) is 18.8 Å². The van der Waals surface area contributed by atoms with Crippen molar-refractivity contribution in [1.82, 2.24) is 4.42 Å². The third kappa shape index (κ3) is 5.35. The Kier molecular flexibility index (Phi) is 6.17. The molecule has 0 bridgehead atoms. The molecule has 0 spiro atoms. The Balaban J connectivity index is 3.75. The van der Waals surface area contributed by atoms with Crippen molar-refractivity contribution in [3.8, 4) is 0 Å². The minimum absolute atomic E-state index is 0.125. The molecule has 0 rings (SSSR count). The Morgan fingerprint density at radius 3 is 2.12 bits per heavy atom. The van der Waals surface area contributed by atoms with E-state index in [9.17, 15) is 14.4 Å². The molecule has 0 aliphatic carbocycles. The van der Waals surface area contributed by atoms with E-state index in [1.165, 1.54) is 6.92 Å². The first-order valence-corrected chi connectivity index (χ1v) is 4.66. The van der Waals surface area contributed by atoms with Crippen LogP contribution in [0.1, 0.15) is 13.8 Å². The number of esters is 1. The van der Waals surface area contributed by atoms with Gasteiger partial charge in [0, 0.05) is 24.3 Å². The molecule has 0 aromatic heterocycles. The predicted octanol–water partition coefficient (Wildman–Crippen LogP) is 1.24. The molecular weight excluding hydrogens is 238 g/mol. The molecule has 0 radical (unpaired) electrons. The lowest BCUT2D eigenvalue weighted by atomic mass is 10.4. The van der Waals surface area contributed by atoms with Gasteiger partial charge in [-0.25, -0.2) is 9.59 Å². The minimum Gasteiger partial charge on any atom is -0.459 e. The van der Waals surface area contributed by atoms with Gasteiger partial charge in [-0.1, -0.05) is 6.58 Å². The van der Waals surface area contributed by atoms with Crippen LogP contribution < -0.4 is 0 Å². The van der Waals surface area contributed by atoms with Gasteiger partial charge in [-0.05, 0) is 6.92 Å². The first kappa shape index (κ1) is 14.4. The number of amides is 2. The quantitative estimate of drug-likeness (QED) is 0.324. The number of nitrogens with zero attached hydrogens (tertiary/aromatic N) is 1. The number of rotatable bonds is 4. The van der Waals surface area contributed by atoms with Crippen molar-refractivity contribution in [3.05, 3.63) is 12.2 Å². The number of carbonyl (C=O) groups is 3. The van der Waals surface area contributed by atoms with Crippen LogP contribution in [-0.4, -0.2) is 35.6 Å². The van der Waals surface area contributed by atoms with Crippen LogP contribution in [0.25, 0.3) is 0 Å². The molecule has 90 valence electrons. The second-order valence-electron chi connectivity index (χ2n) is 2.83. The van der Waals surface area contributed by atoms with Crippen molar-refractivity contribution < 1.29 is 23.9 Å². The molecule has 0 heterocycles. The summed E-state index contributed by atoms with van der Waals surface area (Å²) in [7, 11) is 0. The number of ether oxygens (including phenoxy) is 2. The van der Waals surface area contributed by atoms with Crippen LogP contribution in [0.2, 0.25) is 0 Å². The molecule has 0 aromatic carbocycles. The molecular formula is C9H12ClNO5. The van der Waals surface area contributed by atoms with E-state index >= 15 is 0 Å². The maximum absolute atomic E-state index is 11.0. The van der Waals surface area contributed by atoms with E-state index in [1.807, 2.05) is 0 Å². The highest BCUT2D eigenvalue weighted by Crippen LogP contribution is 1.99. The van der Waals surface area contributed by atoms with E-state index in [1.54, 1.807) is 0 Å². The summed E-state index contributed by atoms with van der Waals surface area (Å²) in [6.07, 6.45) is -1.01. The van der Waals surface area contributed by atoms with Gasteiger partial charge < -0.3 is 9.47 Å². The second-order valence-corrected chi connectivity index (χ2v) is 3.17. The molecule has 0 N–H and O–H groups in total. The largest absolute Gasteiger partial charge is 0.459 e. The maximum atomic E-state index is 11.0. The zero-order valence-corrected chi connectivity index (χ0v) is 9.74. The zero-order chi connectivity index (χ0) is 12.7. The van der Waals surface area contributed by atoms with Gasteiger partial charge in [-0.3, -0.25) is 4.79 Å². The molecule has 0 saturated carbocycles. The fraction of sp³-hybridized carbons (Fsp3) is 0.444. The van der Waals surface area contributed by atoms with E-state index in [2.05, 4.69) is 16.1 Å². The Hall–Kier alpha value is -1.56. The number of hydrogen-bond acceptors (Lipinski definition) is 5. The van der Waals surface area contributed by atoms with Crippen LogP contribution in [0.5, 0.6) is 0 Å². The fourth-order valence-electron chi connectivity index (χ4n) is 0.572. The molecule has 0 aliphatic heterocycles. The Morgan fingerprint density at radius 1 is 1.19 bits per heavy atom. The Morgan fingerprint density at radius 2 is 1.69 bits per heavy atom. The number of halogens is 1. The highest BCUT2D eigenvalue weighted by atomic mass is 35.5. The van der Waals surface area contributed by atoms with Gasteiger partial charge in [0.1, 0.15) is 13.2 Å². The maximum Gasteiger partial charge on any atom is 0.431 e. The summed E-state index contributed by atoms with van der Waals surface area (Å²) in [5, 5.41) is 0. The standard InChI is InChI=1S/C9H12ClNO5/c1-6(2)8(13)15-4-5-16-9(14)11(10)7(3)12/h1,4-5H2,2-3H3. The van der Waals surface area contributed by atoms with Crippen LogP contribution >= 0.6 is 11.8 Å². The molecule has 0 atom stereocenters. The second kappa shape index (κ2) is 6.84. The van der Waals surface area contributed by atoms with Gasteiger partial charge in [-0.2, -0.15) is 4.42 Å². The molecule has 0 aliphatic rings. The monoisotopic (exact) mass is 249 g/mol. The topological polar surface area (TPSA) is 72.9 Å². The summed E-state index contributed by atoms with van der Waals surface area (Å²) in [6, 6.07) is 0. The summed E-state index contributed by atoms with van der Waals surface area (Å²) in [4.78, 5) is 32.4. The van der Waals surface area contributed by atoms with Crippen molar-refractivity contribution in [3.63, 3.8) is 0 Å². The summed E-state index contributed by atoms with van der Waals surface area (Å²) in [5.41, 5.74) is 0.244. The number of hydrogen-bond donors (Lipinski definition) is 0. The van der Waals surface area contributed by atoms with Crippen molar-refractivity contribution in [2.75, 3.05) is 13.2 Å². The van der Waals surface area contributed by atoms with E-state index in [4.69, 9.17) is 11.8 Å². The van der Waals surface area contributed by atoms with Gasteiger partial charge in [0.15, 0.2) is 0 Å². The lowest BCUT2D eigenvalue weighted by Gasteiger charge is -2.10. The van der Waals surface area contributed by atoms with Gasteiger partial charge in [0.2, 0.25) is 5.91 Å².